The van der Waals surface area contributed by atoms with E-state index in [9.17, 15) is 9.90 Å². The highest BCUT2D eigenvalue weighted by atomic mass is 16.7. The van der Waals surface area contributed by atoms with Crippen LogP contribution in [0.5, 0.6) is 0 Å². The second-order valence-electron chi connectivity index (χ2n) is 9.26. The van der Waals surface area contributed by atoms with E-state index in [4.69, 9.17) is 14.0 Å². The molecule has 2 bridgehead atoms. The lowest BCUT2D eigenvalue weighted by Gasteiger charge is -2.64. The fraction of sp³-hybridized carbons (Fsp3) is 0.950. The second kappa shape index (κ2) is 7.80. The summed E-state index contributed by atoms with van der Waals surface area (Å²) < 4.78 is 17.7. The predicted molar refractivity (Wildman–Crippen MR) is 101 cm³/mol. The van der Waals surface area contributed by atoms with E-state index in [1.165, 1.54) is 6.42 Å². The fourth-order valence-corrected chi connectivity index (χ4v) is 5.28. The highest BCUT2D eigenvalue weighted by Crippen LogP contribution is 2.65. The molecule has 1 aliphatic heterocycles. The molecule has 4 fully saturated rings. The summed E-state index contributed by atoms with van der Waals surface area (Å²) in [5.74, 6) is 1.03. The van der Waals surface area contributed by atoms with Crippen molar-refractivity contribution >= 4 is 13.1 Å². The third kappa shape index (κ3) is 3.83. The van der Waals surface area contributed by atoms with Crippen molar-refractivity contribution in [1.29, 1.82) is 0 Å². The number of hydrogen-bond acceptors (Lipinski definition) is 5. The van der Waals surface area contributed by atoms with Gasteiger partial charge >= 0.3 is 13.1 Å². The molecule has 26 heavy (non-hydrogen) atoms. The van der Waals surface area contributed by atoms with Crippen LogP contribution < -0.4 is 0 Å². The van der Waals surface area contributed by atoms with E-state index in [0.717, 1.165) is 37.9 Å². The fourth-order valence-electron chi connectivity index (χ4n) is 5.28. The quantitative estimate of drug-likeness (QED) is 0.384. The van der Waals surface area contributed by atoms with Crippen LogP contribution in [0.25, 0.3) is 0 Å². The number of ether oxygens (including phenoxy) is 1. The molecule has 3 aliphatic carbocycles. The van der Waals surface area contributed by atoms with Crippen molar-refractivity contribution in [3.05, 3.63) is 0 Å². The van der Waals surface area contributed by atoms with E-state index in [0.29, 0.717) is 24.4 Å². The van der Waals surface area contributed by atoms with Crippen molar-refractivity contribution in [2.45, 2.75) is 96.8 Å². The molecule has 0 amide bonds. The lowest BCUT2D eigenvalue weighted by molar-refractivity contribution is -0.199. The smallest absolute Gasteiger partial charge is 0.457 e. The Labute approximate surface area is 158 Å². The minimum absolute atomic E-state index is 0.0778. The summed E-state index contributed by atoms with van der Waals surface area (Å²) in [6.07, 6.45) is 6.00. The third-order valence-corrected chi connectivity index (χ3v) is 7.14. The monoisotopic (exact) mass is 366 g/mol. The molecular weight excluding hydrogens is 331 g/mol. The van der Waals surface area contributed by atoms with Crippen molar-refractivity contribution in [2.75, 3.05) is 6.61 Å². The Bertz CT molecular complexity index is 510. The summed E-state index contributed by atoms with van der Waals surface area (Å²) in [6, 6.07) is 0. The predicted octanol–water partition coefficient (Wildman–Crippen LogP) is 3.59. The molecule has 3 saturated carbocycles. The molecule has 1 N–H and O–H groups in total. The van der Waals surface area contributed by atoms with Crippen molar-refractivity contribution in [1.82, 2.24) is 0 Å². The molecule has 1 saturated heterocycles. The van der Waals surface area contributed by atoms with Gasteiger partial charge in [-0.25, -0.2) is 0 Å². The van der Waals surface area contributed by atoms with E-state index < -0.39 is 6.10 Å². The first-order chi connectivity index (χ1) is 12.3. The lowest BCUT2D eigenvalue weighted by atomic mass is 9.43. The van der Waals surface area contributed by atoms with Gasteiger partial charge in [-0.15, -0.1) is 0 Å². The van der Waals surface area contributed by atoms with Gasteiger partial charge < -0.3 is 19.2 Å². The van der Waals surface area contributed by atoms with E-state index >= 15 is 0 Å². The topological polar surface area (TPSA) is 65.0 Å². The molecule has 1 unspecified atom stereocenters. The van der Waals surface area contributed by atoms with Gasteiger partial charge in [-0.1, -0.05) is 33.6 Å². The molecule has 0 aromatic carbocycles. The van der Waals surface area contributed by atoms with Crippen LogP contribution in [0.2, 0.25) is 6.32 Å². The zero-order valence-electron chi connectivity index (χ0n) is 16.8. The molecule has 5 atom stereocenters. The highest BCUT2D eigenvalue weighted by Gasteiger charge is 2.67. The highest BCUT2D eigenvalue weighted by molar-refractivity contribution is 6.45. The molecule has 0 radical (unpaired) electrons. The second-order valence-corrected chi connectivity index (χ2v) is 9.26. The average molecular weight is 366 g/mol. The van der Waals surface area contributed by atoms with Crippen molar-refractivity contribution in [2.24, 2.45) is 17.3 Å². The van der Waals surface area contributed by atoms with Crippen molar-refractivity contribution in [3.63, 3.8) is 0 Å². The van der Waals surface area contributed by atoms with Crippen LogP contribution in [-0.2, 0) is 18.8 Å². The number of esters is 1. The van der Waals surface area contributed by atoms with Crippen molar-refractivity contribution in [3.8, 4) is 0 Å². The van der Waals surface area contributed by atoms with Gasteiger partial charge in [-0.2, -0.15) is 0 Å². The number of hydrogen-bond donors (Lipinski definition) is 1. The number of carbonyl (C=O) groups excluding carboxylic acids is 1. The number of aliphatic hydroxyl groups is 1. The minimum Gasteiger partial charge on any atom is -0.466 e. The molecule has 0 aromatic rings. The van der Waals surface area contributed by atoms with Gasteiger partial charge in [0.05, 0.1) is 30.8 Å². The van der Waals surface area contributed by atoms with Gasteiger partial charge in [0, 0.05) is 0 Å². The number of aliphatic hydroxyl groups excluding tert-OH is 1. The summed E-state index contributed by atoms with van der Waals surface area (Å²) in [5, 5.41) is 10.0. The van der Waals surface area contributed by atoms with Crippen LogP contribution >= 0.6 is 0 Å². The summed E-state index contributed by atoms with van der Waals surface area (Å²) in [5.41, 5.74) is 0.197. The summed E-state index contributed by atoms with van der Waals surface area (Å²) in [6.45, 7) is 9.45. The molecule has 0 spiro atoms. The maximum Gasteiger partial charge on any atom is 0.457 e. The Hall–Kier alpha value is -0.585. The summed E-state index contributed by atoms with van der Waals surface area (Å²) in [4.78, 5) is 11.6. The minimum atomic E-state index is -0.643. The SMILES string of the molecule is CCCCOC(=O)CC(O)CCCB1O[C@@H]2C[C@@H]3C[C@@H](C3(C)C)[C@]2(C)O1. The van der Waals surface area contributed by atoms with E-state index in [1.54, 1.807) is 0 Å². The van der Waals surface area contributed by atoms with Crippen molar-refractivity contribution < 1.29 is 23.9 Å². The Morgan fingerprint density at radius 2 is 2.08 bits per heavy atom. The Morgan fingerprint density at radius 3 is 2.77 bits per heavy atom. The first kappa shape index (κ1) is 20.2. The van der Waals surface area contributed by atoms with E-state index in [1.807, 2.05) is 0 Å². The summed E-state index contributed by atoms with van der Waals surface area (Å²) >= 11 is 0. The molecule has 1 heterocycles. The van der Waals surface area contributed by atoms with Crippen LogP contribution in [0.4, 0.5) is 0 Å². The van der Waals surface area contributed by atoms with Gasteiger partial charge in [-0.05, 0) is 56.2 Å². The van der Waals surface area contributed by atoms with E-state index in [2.05, 4.69) is 27.7 Å². The number of rotatable bonds is 9. The molecule has 148 valence electrons. The van der Waals surface area contributed by atoms with Crippen LogP contribution in [0.15, 0.2) is 0 Å². The molecule has 5 nitrogen and oxygen atoms in total. The van der Waals surface area contributed by atoms with E-state index in [-0.39, 0.29) is 31.2 Å². The zero-order chi connectivity index (χ0) is 18.9. The van der Waals surface area contributed by atoms with Crippen LogP contribution in [0, 0.1) is 17.3 Å². The van der Waals surface area contributed by atoms with Crippen LogP contribution in [0.3, 0.4) is 0 Å². The first-order valence-electron chi connectivity index (χ1n) is 10.4. The Kier molecular flexibility index (Phi) is 6.05. The van der Waals surface area contributed by atoms with Gasteiger partial charge in [-0.3, -0.25) is 4.79 Å². The van der Waals surface area contributed by atoms with Gasteiger partial charge in [0.1, 0.15) is 0 Å². The number of unbranched alkanes of at least 4 members (excludes halogenated alkanes) is 1. The zero-order valence-corrected chi connectivity index (χ0v) is 16.8. The molecule has 4 rings (SSSR count). The lowest BCUT2D eigenvalue weighted by Crippen LogP contribution is -2.65. The average Bonchev–Trinajstić information content (AvgIpc) is 2.90. The molecule has 6 heteroatoms. The standard InChI is InChI=1S/C20H35BO5/c1-5-6-10-24-18(23)13-15(22)8-7-9-21-25-17-12-14-11-16(19(14,2)3)20(17,4)26-21/h14-17,22H,5-13H2,1-4H3/t14-,15?,16-,17+,20-/m0/s1. The van der Waals surface area contributed by atoms with Gasteiger partial charge in [0.2, 0.25) is 0 Å². The van der Waals surface area contributed by atoms with Gasteiger partial charge in [0.25, 0.3) is 0 Å². The summed E-state index contributed by atoms with van der Waals surface area (Å²) in [7, 11) is -0.177. The maximum atomic E-state index is 11.6. The third-order valence-electron chi connectivity index (χ3n) is 7.14. The molecule has 4 aliphatic rings. The van der Waals surface area contributed by atoms with Crippen LogP contribution in [0.1, 0.15) is 72.6 Å². The number of carbonyl (C=O) groups is 1. The molecule has 0 aromatic heterocycles. The normalized spacial score (nSPS) is 35.6. The van der Waals surface area contributed by atoms with Crippen LogP contribution in [-0.4, -0.2) is 42.6 Å². The largest absolute Gasteiger partial charge is 0.466 e. The molecular formula is C20H35BO5. The van der Waals surface area contributed by atoms with Gasteiger partial charge in [0.15, 0.2) is 0 Å². The Morgan fingerprint density at radius 1 is 1.31 bits per heavy atom. The first-order valence-corrected chi connectivity index (χ1v) is 10.4. The Balaban J connectivity index is 1.37. The maximum absolute atomic E-state index is 11.6.